The van der Waals surface area contributed by atoms with E-state index in [4.69, 9.17) is 11.6 Å². The van der Waals surface area contributed by atoms with E-state index in [1.165, 1.54) is 22.6 Å². The summed E-state index contributed by atoms with van der Waals surface area (Å²) >= 11 is 8.07. The summed E-state index contributed by atoms with van der Waals surface area (Å²) in [6, 6.07) is 6.73. The van der Waals surface area contributed by atoms with Gasteiger partial charge in [-0.15, -0.1) is 11.8 Å². The Morgan fingerprint density at radius 1 is 1.37 bits per heavy atom. The topological polar surface area (TPSA) is 15.3 Å². The lowest BCUT2D eigenvalue weighted by atomic mass is 10.0. The van der Waals surface area contributed by atoms with Crippen molar-refractivity contribution >= 4 is 23.4 Å². The largest absolute Gasteiger partial charge is 0.309 e. The summed E-state index contributed by atoms with van der Waals surface area (Å²) in [6.45, 7) is 8.85. The number of nitrogens with one attached hydrogen (secondary N) is 1. The molecule has 0 aliphatic carbocycles. The predicted octanol–water partition coefficient (Wildman–Crippen LogP) is 3.81. The van der Waals surface area contributed by atoms with Crippen LogP contribution in [0.1, 0.15) is 31.9 Å². The lowest BCUT2D eigenvalue weighted by molar-refractivity contribution is 0.295. The Bertz CT molecular complexity index is 407. The van der Waals surface area contributed by atoms with Crippen LogP contribution in [0.2, 0.25) is 5.02 Å². The fraction of sp³-hybridized carbons (Fsp3) is 0.600. The summed E-state index contributed by atoms with van der Waals surface area (Å²) in [5, 5.41) is 4.53. The number of benzene rings is 1. The molecule has 1 aromatic carbocycles. The minimum absolute atomic E-state index is 0.463. The second-order valence-corrected chi connectivity index (χ2v) is 6.43. The molecule has 1 aliphatic heterocycles. The van der Waals surface area contributed by atoms with Crippen LogP contribution in [0.15, 0.2) is 23.1 Å². The van der Waals surface area contributed by atoms with Gasteiger partial charge in [0.15, 0.2) is 0 Å². The predicted molar refractivity (Wildman–Crippen MR) is 85.3 cm³/mol. The van der Waals surface area contributed by atoms with Crippen LogP contribution in [0.25, 0.3) is 0 Å². The van der Waals surface area contributed by atoms with Crippen LogP contribution in [-0.4, -0.2) is 36.8 Å². The standard InChI is InChI=1S/C15H23ClN2S/c1-3-18(4-2)9-8-17-14-7-10-19-15-6-5-12(16)11-13(14)15/h5-6,11,14,17H,3-4,7-10H2,1-2H3. The van der Waals surface area contributed by atoms with E-state index in [0.717, 1.165) is 31.2 Å². The summed E-state index contributed by atoms with van der Waals surface area (Å²) in [5.41, 5.74) is 1.38. The third-order valence-corrected chi connectivity index (χ3v) is 5.08. The fourth-order valence-electron chi connectivity index (χ4n) is 2.51. The zero-order chi connectivity index (χ0) is 13.7. The Kier molecular flexibility index (Phi) is 6.02. The number of fused-ring (bicyclic) bond motifs is 1. The van der Waals surface area contributed by atoms with E-state index in [2.05, 4.69) is 36.2 Å². The number of hydrogen-bond acceptors (Lipinski definition) is 3. The maximum Gasteiger partial charge on any atom is 0.0410 e. The van der Waals surface area contributed by atoms with E-state index >= 15 is 0 Å². The molecule has 0 aromatic heterocycles. The number of nitrogens with zero attached hydrogens (tertiary/aromatic N) is 1. The van der Waals surface area contributed by atoms with Crippen LogP contribution in [0.3, 0.4) is 0 Å². The molecular weight excluding hydrogens is 276 g/mol. The second kappa shape index (κ2) is 7.53. The van der Waals surface area contributed by atoms with Crippen molar-refractivity contribution in [2.45, 2.75) is 31.2 Å². The van der Waals surface area contributed by atoms with Crippen molar-refractivity contribution < 1.29 is 0 Å². The zero-order valence-corrected chi connectivity index (χ0v) is 13.4. The highest BCUT2D eigenvalue weighted by Gasteiger charge is 2.20. The fourth-order valence-corrected chi connectivity index (χ4v) is 3.80. The first kappa shape index (κ1) is 15.2. The Labute approximate surface area is 125 Å². The van der Waals surface area contributed by atoms with Crippen molar-refractivity contribution in [3.63, 3.8) is 0 Å². The third kappa shape index (κ3) is 4.12. The molecule has 1 aliphatic rings. The van der Waals surface area contributed by atoms with Crippen molar-refractivity contribution in [1.82, 2.24) is 10.2 Å². The smallest absolute Gasteiger partial charge is 0.0410 e. The number of halogens is 1. The molecule has 4 heteroatoms. The molecule has 1 atom stereocenters. The molecular formula is C15H23ClN2S. The molecule has 0 spiro atoms. The number of likely N-dealkylation sites (N-methyl/N-ethyl adjacent to an activating group) is 1. The third-order valence-electron chi connectivity index (χ3n) is 3.72. The molecule has 106 valence electrons. The van der Waals surface area contributed by atoms with E-state index in [9.17, 15) is 0 Å². The number of thioether (sulfide) groups is 1. The molecule has 0 radical (unpaired) electrons. The molecule has 1 heterocycles. The number of rotatable bonds is 6. The van der Waals surface area contributed by atoms with Crippen molar-refractivity contribution in [1.29, 1.82) is 0 Å². The summed E-state index contributed by atoms with van der Waals surface area (Å²) in [6.07, 6.45) is 1.19. The summed E-state index contributed by atoms with van der Waals surface area (Å²) in [5.74, 6) is 1.19. The van der Waals surface area contributed by atoms with E-state index in [0.29, 0.717) is 6.04 Å². The van der Waals surface area contributed by atoms with Gasteiger partial charge in [0.25, 0.3) is 0 Å². The molecule has 2 rings (SSSR count). The molecule has 1 N–H and O–H groups in total. The monoisotopic (exact) mass is 298 g/mol. The van der Waals surface area contributed by atoms with Gasteiger partial charge in [-0.05, 0) is 49.0 Å². The van der Waals surface area contributed by atoms with Crippen molar-refractivity contribution in [3.05, 3.63) is 28.8 Å². The summed E-state index contributed by atoms with van der Waals surface area (Å²) < 4.78 is 0. The highest BCUT2D eigenvalue weighted by atomic mass is 35.5. The van der Waals surface area contributed by atoms with Gasteiger partial charge < -0.3 is 10.2 Å². The van der Waals surface area contributed by atoms with Crippen LogP contribution in [0.4, 0.5) is 0 Å². The SMILES string of the molecule is CCN(CC)CCNC1CCSc2ccc(Cl)cc21. The highest BCUT2D eigenvalue weighted by molar-refractivity contribution is 7.99. The van der Waals surface area contributed by atoms with Crippen LogP contribution < -0.4 is 5.32 Å². The Morgan fingerprint density at radius 2 is 2.16 bits per heavy atom. The molecule has 0 saturated heterocycles. The Balaban J connectivity index is 1.94. The molecule has 2 nitrogen and oxygen atoms in total. The molecule has 1 unspecified atom stereocenters. The lowest BCUT2D eigenvalue weighted by Gasteiger charge is -2.27. The average Bonchev–Trinajstić information content (AvgIpc) is 2.44. The second-order valence-electron chi connectivity index (χ2n) is 4.85. The van der Waals surface area contributed by atoms with Crippen LogP contribution >= 0.6 is 23.4 Å². The van der Waals surface area contributed by atoms with E-state index in [1.54, 1.807) is 0 Å². The molecule has 0 amide bonds. The van der Waals surface area contributed by atoms with E-state index in [1.807, 2.05) is 17.8 Å². The van der Waals surface area contributed by atoms with Crippen LogP contribution in [0, 0.1) is 0 Å². The van der Waals surface area contributed by atoms with Crippen LogP contribution in [0.5, 0.6) is 0 Å². The first-order valence-corrected chi connectivity index (χ1v) is 8.49. The molecule has 1 aromatic rings. The average molecular weight is 299 g/mol. The van der Waals surface area contributed by atoms with Crippen molar-refractivity contribution in [3.8, 4) is 0 Å². The van der Waals surface area contributed by atoms with E-state index < -0.39 is 0 Å². The van der Waals surface area contributed by atoms with Crippen LogP contribution in [-0.2, 0) is 0 Å². The first-order valence-electron chi connectivity index (χ1n) is 7.12. The minimum atomic E-state index is 0.463. The van der Waals surface area contributed by atoms with Gasteiger partial charge in [-0.2, -0.15) is 0 Å². The van der Waals surface area contributed by atoms with Gasteiger partial charge in [0, 0.05) is 29.0 Å². The summed E-state index contributed by atoms with van der Waals surface area (Å²) in [4.78, 5) is 3.83. The molecule has 0 saturated carbocycles. The van der Waals surface area contributed by atoms with Gasteiger partial charge in [-0.1, -0.05) is 25.4 Å². The molecule has 19 heavy (non-hydrogen) atoms. The molecule has 0 bridgehead atoms. The van der Waals surface area contributed by atoms with Gasteiger partial charge in [-0.3, -0.25) is 0 Å². The Morgan fingerprint density at radius 3 is 2.89 bits per heavy atom. The highest BCUT2D eigenvalue weighted by Crippen LogP contribution is 2.37. The summed E-state index contributed by atoms with van der Waals surface area (Å²) in [7, 11) is 0. The maximum absolute atomic E-state index is 6.13. The van der Waals surface area contributed by atoms with Gasteiger partial charge in [0.1, 0.15) is 0 Å². The minimum Gasteiger partial charge on any atom is -0.309 e. The van der Waals surface area contributed by atoms with Gasteiger partial charge in [0.2, 0.25) is 0 Å². The van der Waals surface area contributed by atoms with Gasteiger partial charge >= 0.3 is 0 Å². The van der Waals surface area contributed by atoms with Gasteiger partial charge in [0.05, 0.1) is 0 Å². The first-order chi connectivity index (χ1) is 9.24. The van der Waals surface area contributed by atoms with Crippen molar-refractivity contribution in [2.75, 3.05) is 31.9 Å². The zero-order valence-electron chi connectivity index (χ0n) is 11.8. The molecule has 0 fully saturated rings. The Hall–Kier alpha value is -0.220. The quantitative estimate of drug-likeness (QED) is 0.860. The van der Waals surface area contributed by atoms with E-state index in [-0.39, 0.29) is 0 Å². The number of hydrogen-bond donors (Lipinski definition) is 1. The lowest BCUT2D eigenvalue weighted by Crippen LogP contribution is -2.34. The van der Waals surface area contributed by atoms with Crippen molar-refractivity contribution in [2.24, 2.45) is 0 Å². The van der Waals surface area contributed by atoms with Gasteiger partial charge in [-0.25, -0.2) is 0 Å². The maximum atomic E-state index is 6.13. The normalized spacial score (nSPS) is 18.6.